The Morgan fingerprint density at radius 3 is 2.29 bits per heavy atom. The van der Waals surface area contributed by atoms with Crippen molar-refractivity contribution < 1.29 is 18.3 Å². The Kier molecular flexibility index (Phi) is 5.08. The van der Waals surface area contributed by atoms with Crippen LogP contribution in [0.5, 0.6) is 0 Å². The van der Waals surface area contributed by atoms with Gasteiger partial charge in [0.15, 0.2) is 0 Å². The van der Waals surface area contributed by atoms with Gasteiger partial charge in [0.05, 0.1) is 10.4 Å². The summed E-state index contributed by atoms with van der Waals surface area (Å²) in [5.41, 5.74) is -0.245. The van der Waals surface area contributed by atoms with Crippen molar-refractivity contribution in [2.75, 3.05) is 4.72 Å². The number of aliphatic carboxylic acids is 1. The number of carboxylic acid groups (broad SMARTS) is 1. The smallest absolute Gasteiger partial charge is 0.313 e. The summed E-state index contributed by atoms with van der Waals surface area (Å²) in [6.45, 7) is 3.13. The van der Waals surface area contributed by atoms with Gasteiger partial charge in [-0.2, -0.15) is 0 Å². The van der Waals surface area contributed by atoms with Gasteiger partial charge < -0.3 is 5.11 Å². The number of rotatable bonds is 5. The van der Waals surface area contributed by atoms with E-state index in [1.807, 2.05) is 0 Å². The second-order valence-corrected chi connectivity index (χ2v) is 8.00. The molecule has 0 amide bonds. The van der Waals surface area contributed by atoms with E-state index in [2.05, 4.69) is 9.71 Å². The fourth-order valence-electron chi connectivity index (χ4n) is 1.84. The molecule has 0 unspecified atom stereocenters. The highest BCUT2D eigenvalue weighted by atomic mass is 35.5. The predicted molar refractivity (Wildman–Crippen MR) is 92.2 cm³/mol. The second kappa shape index (κ2) is 6.58. The summed E-state index contributed by atoms with van der Waals surface area (Å²) in [6, 6.07) is 7.28. The molecular formula is C15H14Cl2N2O4S. The first-order valence-electron chi connectivity index (χ1n) is 6.72. The van der Waals surface area contributed by atoms with E-state index in [0.29, 0.717) is 5.56 Å². The summed E-state index contributed by atoms with van der Waals surface area (Å²) < 4.78 is 27.0. The summed E-state index contributed by atoms with van der Waals surface area (Å²) in [7, 11) is -3.89. The average molecular weight is 389 g/mol. The number of sulfonamides is 1. The first kappa shape index (κ1) is 18.5. The number of hydrogen-bond acceptors (Lipinski definition) is 4. The monoisotopic (exact) mass is 388 g/mol. The van der Waals surface area contributed by atoms with E-state index in [0.717, 1.165) is 6.20 Å². The Balaban J connectivity index is 2.27. The lowest BCUT2D eigenvalue weighted by Crippen LogP contribution is -2.28. The zero-order chi connectivity index (χ0) is 18.1. The van der Waals surface area contributed by atoms with E-state index >= 15 is 0 Å². The number of nitrogens with zero attached hydrogens (tertiary/aromatic N) is 1. The fourth-order valence-corrected chi connectivity index (χ4v) is 3.21. The third-order valence-corrected chi connectivity index (χ3v) is 5.51. The van der Waals surface area contributed by atoms with E-state index in [4.69, 9.17) is 23.2 Å². The molecule has 0 aliphatic rings. The molecular weight excluding hydrogens is 375 g/mol. The highest BCUT2D eigenvalue weighted by Gasteiger charge is 2.29. The number of halogens is 2. The molecule has 0 spiro atoms. The SMILES string of the molecule is CC(C)(C(=O)O)c1ccc(NS(=O)(=O)c2cnc(Cl)c(Cl)c2)cc1. The van der Waals surface area contributed by atoms with Crippen molar-refractivity contribution in [2.24, 2.45) is 0 Å². The van der Waals surface area contributed by atoms with Gasteiger partial charge in [-0.3, -0.25) is 9.52 Å². The number of anilines is 1. The quantitative estimate of drug-likeness (QED) is 0.763. The van der Waals surface area contributed by atoms with Crippen molar-refractivity contribution in [2.45, 2.75) is 24.2 Å². The standard InChI is InChI=1S/C15H14Cl2N2O4S/c1-15(2,14(20)21)9-3-5-10(6-4-9)19-24(22,23)11-7-12(16)13(17)18-8-11/h3-8,19H,1-2H3,(H,20,21). The maximum Gasteiger partial charge on any atom is 0.313 e. The highest BCUT2D eigenvalue weighted by Crippen LogP contribution is 2.27. The third-order valence-electron chi connectivity index (χ3n) is 3.47. The molecule has 0 saturated carbocycles. The molecule has 2 aromatic rings. The number of nitrogens with one attached hydrogen (secondary N) is 1. The molecule has 0 saturated heterocycles. The van der Waals surface area contributed by atoms with Crippen molar-refractivity contribution in [3.05, 3.63) is 52.3 Å². The van der Waals surface area contributed by atoms with Crippen molar-refractivity contribution in [1.29, 1.82) is 0 Å². The summed E-state index contributed by atoms with van der Waals surface area (Å²) in [4.78, 5) is 14.8. The van der Waals surface area contributed by atoms with E-state index in [-0.39, 0.29) is 20.8 Å². The van der Waals surface area contributed by atoms with Crippen LogP contribution in [0, 0.1) is 0 Å². The molecule has 0 radical (unpaired) electrons. The minimum absolute atomic E-state index is 0.0101. The Hall–Kier alpha value is -1.83. The van der Waals surface area contributed by atoms with E-state index in [1.54, 1.807) is 26.0 Å². The zero-order valence-electron chi connectivity index (χ0n) is 12.7. The zero-order valence-corrected chi connectivity index (χ0v) is 15.1. The van der Waals surface area contributed by atoms with E-state index in [9.17, 15) is 18.3 Å². The number of carbonyl (C=O) groups is 1. The van der Waals surface area contributed by atoms with Gasteiger partial charge in [0.1, 0.15) is 10.0 Å². The largest absolute Gasteiger partial charge is 0.481 e. The molecule has 1 heterocycles. The van der Waals surface area contributed by atoms with Gasteiger partial charge in [-0.15, -0.1) is 0 Å². The first-order chi connectivity index (χ1) is 11.0. The summed E-state index contributed by atoms with van der Waals surface area (Å²) in [5.74, 6) is -0.974. The molecule has 0 aliphatic heterocycles. The van der Waals surface area contributed by atoms with E-state index in [1.165, 1.54) is 18.2 Å². The van der Waals surface area contributed by atoms with Crippen molar-refractivity contribution in [3.8, 4) is 0 Å². The van der Waals surface area contributed by atoms with Crippen molar-refractivity contribution in [1.82, 2.24) is 4.98 Å². The van der Waals surface area contributed by atoms with Gasteiger partial charge in [0, 0.05) is 11.9 Å². The van der Waals surface area contributed by atoms with Crippen LogP contribution in [0.3, 0.4) is 0 Å². The van der Waals surface area contributed by atoms with Gasteiger partial charge in [0.2, 0.25) is 0 Å². The lowest BCUT2D eigenvalue weighted by Gasteiger charge is -2.20. The Labute approximate surface area is 149 Å². The molecule has 128 valence electrons. The molecule has 0 bridgehead atoms. The maximum absolute atomic E-state index is 12.3. The molecule has 6 nitrogen and oxygen atoms in total. The van der Waals surface area contributed by atoms with E-state index < -0.39 is 21.4 Å². The Morgan fingerprint density at radius 2 is 1.79 bits per heavy atom. The minimum Gasteiger partial charge on any atom is -0.481 e. The van der Waals surface area contributed by atoms with Crippen LogP contribution >= 0.6 is 23.2 Å². The van der Waals surface area contributed by atoms with Crippen LogP contribution in [-0.2, 0) is 20.2 Å². The van der Waals surface area contributed by atoms with Gasteiger partial charge >= 0.3 is 5.97 Å². The molecule has 24 heavy (non-hydrogen) atoms. The van der Waals surface area contributed by atoms with Crippen LogP contribution in [0.2, 0.25) is 10.2 Å². The molecule has 1 aromatic carbocycles. The summed E-state index contributed by atoms with van der Waals surface area (Å²) in [6.07, 6.45) is 1.10. The topological polar surface area (TPSA) is 96.4 Å². The lowest BCUT2D eigenvalue weighted by atomic mass is 9.85. The Bertz CT molecular complexity index is 881. The maximum atomic E-state index is 12.3. The highest BCUT2D eigenvalue weighted by molar-refractivity contribution is 7.92. The molecule has 0 fully saturated rings. The second-order valence-electron chi connectivity index (χ2n) is 5.56. The van der Waals surface area contributed by atoms with Crippen LogP contribution < -0.4 is 4.72 Å². The van der Waals surface area contributed by atoms with Crippen LogP contribution in [0.25, 0.3) is 0 Å². The van der Waals surface area contributed by atoms with Crippen LogP contribution in [-0.4, -0.2) is 24.5 Å². The van der Waals surface area contributed by atoms with Gasteiger partial charge in [-0.25, -0.2) is 13.4 Å². The van der Waals surface area contributed by atoms with Crippen LogP contribution in [0.1, 0.15) is 19.4 Å². The first-order valence-corrected chi connectivity index (χ1v) is 8.96. The third kappa shape index (κ3) is 3.80. The molecule has 9 heteroatoms. The minimum atomic E-state index is -3.89. The lowest BCUT2D eigenvalue weighted by molar-refractivity contribution is -0.142. The van der Waals surface area contributed by atoms with Crippen LogP contribution in [0.4, 0.5) is 5.69 Å². The molecule has 2 N–H and O–H groups in total. The fraction of sp³-hybridized carbons (Fsp3) is 0.200. The van der Waals surface area contributed by atoms with Crippen molar-refractivity contribution in [3.63, 3.8) is 0 Å². The number of aromatic nitrogens is 1. The van der Waals surface area contributed by atoms with Gasteiger partial charge in [0.25, 0.3) is 10.0 Å². The molecule has 2 rings (SSSR count). The van der Waals surface area contributed by atoms with Crippen LogP contribution in [0.15, 0.2) is 41.4 Å². The summed E-state index contributed by atoms with van der Waals surface area (Å²) in [5, 5.41) is 9.24. The summed E-state index contributed by atoms with van der Waals surface area (Å²) >= 11 is 11.5. The number of hydrogen-bond donors (Lipinski definition) is 2. The average Bonchev–Trinajstić information content (AvgIpc) is 2.50. The Morgan fingerprint density at radius 1 is 1.21 bits per heavy atom. The normalized spacial score (nSPS) is 12.0. The molecule has 0 atom stereocenters. The number of benzene rings is 1. The van der Waals surface area contributed by atoms with Gasteiger partial charge in [-0.05, 0) is 37.6 Å². The number of pyridine rings is 1. The van der Waals surface area contributed by atoms with Crippen molar-refractivity contribution >= 4 is 44.9 Å². The molecule has 1 aromatic heterocycles. The predicted octanol–water partition coefficient (Wildman–Crippen LogP) is 3.55. The number of carboxylic acids is 1. The molecule has 0 aliphatic carbocycles. The van der Waals surface area contributed by atoms with Gasteiger partial charge in [-0.1, -0.05) is 35.3 Å².